The summed E-state index contributed by atoms with van der Waals surface area (Å²) >= 11 is 0. The van der Waals surface area contributed by atoms with Crippen LogP contribution in [0.3, 0.4) is 0 Å². The molecule has 11 heavy (non-hydrogen) atoms. The monoisotopic (exact) mass is 177 g/mol. The second kappa shape index (κ2) is 5.03. The summed E-state index contributed by atoms with van der Waals surface area (Å²) < 4.78 is 10.8. The van der Waals surface area contributed by atoms with Crippen LogP contribution in [0.25, 0.3) is 0 Å². The van der Waals surface area contributed by atoms with E-state index in [4.69, 9.17) is 10.8 Å². The van der Waals surface area contributed by atoms with E-state index >= 15 is 0 Å². The normalized spacial score (nSPS) is 16.5. The van der Waals surface area contributed by atoms with Crippen molar-refractivity contribution in [1.29, 1.82) is 0 Å². The first kappa shape index (κ1) is 10.3. The van der Waals surface area contributed by atoms with E-state index in [-0.39, 0.29) is 5.75 Å². The van der Waals surface area contributed by atoms with Gasteiger partial charge in [-0.25, -0.2) is 0 Å². The number of nitrogens with two attached hydrogens (primary N) is 1. The lowest BCUT2D eigenvalue weighted by atomic mass is 10.4. The van der Waals surface area contributed by atoms with E-state index in [1.165, 1.54) is 5.41 Å². The Morgan fingerprint density at radius 3 is 2.73 bits per heavy atom. The lowest BCUT2D eigenvalue weighted by Gasteiger charge is -2.01. The van der Waals surface area contributed by atoms with E-state index in [1.54, 1.807) is 13.0 Å². The number of carbonyl (C=O) groups is 1. The van der Waals surface area contributed by atoms with Crippen molar-refractivity contribution in [2.24, 2.45) is 5.73 Å². The van der Waals surface area contributed by atoms with Crippen LogP contribution in [0.15, 0.2) is 11.5 Å². The van der Waals surface area contributed by atoms with Crippen LogP contribution in [0, 0.1) is 0 Å². The molecule has 0 radical (unpaired) electrons. The molecular formula is C6H11NO3S. The van der Waals surface area contributed by atoms with Crippen LogP contribution in [0.1, 0.15) is 6.92 Å². The van der Waals surface area contributed by atoms with Crippen molar-refractivity contribution in [3.8, 4) is 0 Å². The fourth-order valence-electron chi connectivity index (χ4n) is 0.456. The predicted octanol–water partition coefficient (Wildman–Crippen LogP) is -0.319. The highest BCUT2D eigenvalue weighted by Crippen LogP contribution is 1.89. The zero-order valence-corrected chi connectivity index (χ0v) is 7.00. The predicted molar refractivity (Wildman–Crippen MR) is 43.4 cm³/mol. The zero-order valence-electron chi connectivity index (χ0n) is 6.19. The van der Waals surface area contributed by atoms with Crippen molar-refractivity contribution in [2.75, 3.05) is 5.75 Å². The van der Waals surface area contributed by atoms with Crippen LogP contribution in [-0.2, 0) is 15.6 Å². The standard InChI is InChI=1S/C6H11NO3S/c1-2-3-11(10)4-5(7)6(8)9/h2-3,5H,4,7H2,1H3,(H,8,9)/b3-2-/t5-,11?/m0/s1. The van der Waals surface area contributed by atoms with Gasteiger partial charge in [-0.05, 0) is 12.3 Å². The first-order valence-corrected chi connectivity index (χ1v) is 4.44. The van der Waals surface area contributed by atoms with Gasteiger partial charge in [0.25, 0.3) is 0 Å². The molecule has 0 aromatic rings. The van der Waals surface area contributed by atoms with Gasteiger partial charge in [-0.15, -0.1) is 0 Å². The molecule has 2 atom stereocenters. The number of carboxylic acids is 1. The maximum Gasteiger partial charge on any atom is 0.321 e. The summed E-state index contributed by atoms with van der Waals surface area (Å²) in [4.78, 5) is 10.2. The van der Waals surface area contributed by atoms with E-state index in [2.05, 4.69) is 0 Å². The SMILES string of the molecule is C/C=C\S(=O)C[C@H](N)C(=O)O. The van der Waals surface area contributed by atoms with E-state index < -0.39 is 22.8 Å². The first-order valence-electron chi connectivity index (χ1n) is 3.06. The summed E-state index contributed by atoms with van der Waals surface area (Å²) in [7, 11) is -1.26. The molecule has 64 valence electrons. The summed E-state index contributed by atoms with van der Waals surface area (Å²) in [6.45, 7) is 1.71. The Labute approximate surface area is 67.5 Å². The van der Waals surface area contributed by atoms with Crippen molar-refractivity contribution < 1.29 is 14.1 Å². The van der Waals surface area contributed by atoms with Crippen molar-refractivity contribution in [2.45, 2.75) is 13.0 Å². The van der Waals surface area contributed by atoms with Gasteiger partial charge in [0.2, 0.25) is 0 Å². The van der Waals surface area contributed by atoms with Crippen molar-refractivity contribution in [1.82, 2.24) is 0 Å². The van der Waals surface area contributed by atoms with Gasteiger partial charge in [0.05, 0.1) is 5.75 Å². The average molecular weight is 177 g/mol. The zero-order chi connectivity index (χ0) is 8.85. The molecule has 0 amide bonds. The average Bonchev–Trinajstić information content (AvgIpc) is 1.87. The number of rotatable bonds is 4. The van der Waals surface area contributed by atoms with Crippen LogP contribution in [0.2, 0.25) is 0 Å². The highest BCUT2D eigenvalue weighted by Gasteiger charge is 2.12. The Morgan fingerprint density at radius 1 is 1.82 bits per heavy atom. The second-order valence-corrected chi connectivity index (χ2v) is 3.33. The molecule has 0 aromatic heterocycles. The van der Waals surface area contributed by atoms with Gasteiger partial charge in [-0.2, -0.15) is 0 Å². The number of allylic oxidation sites excluding steroid dienone is 1. The maximum absolute atomic E-state index is 10.8. The van der Waals surface area contributed by atoms with Crippen molar-refractivity contribution >= 4 is 16.8 Å². The van der Waals surface area contributed by atoms with E-state index in [1.807, 2.05) is 0 Å². The van der Waals surface area contributed by atoms with Gasteiger partial charge in [0.1, 0.15) is 6.04 Å². The van der Waals surface area contributed by atoms with Crippen LogP contribution < -0.4 is 5.73 Å². The molecule has 3 N–H and O–H groups in total. The third kappa shape index (κ3) is 4.69. The molecule has 4 nitrogen and oxygen atoms in total. The molecule has 0 bridgehead atoms. The summed E-state index contributed by atoms with van der Waals surface area (Å²) in [6.07, 6.45) is 1.60. The van der Waals surface area contributed by atoms with Gasteiger partial charge in [0, 0.05) is 10.8 Å². The van der Waals surface area contributed by atoms with Crippen LogP contribution in [0.5, 0.6) is 0 Å². The van der Waals surface area contributed by atoms with Crippen LogP contribution >= 0.6 is 0 Å². The Kier molecular flexibility index (Phi) is 4.72. The molecule has 0 aliphatic rings. The largest absolute Gasteiger partial charge is 0.480 e. The Hall–Kier alpha value is -0.680. The number of hydrogen-bond donors (Lipinski definition) is 2. The van der Waals surface area contributed by atoms with Crippen molar-refractivity contribution in [3.05, 3.63) is 11.5 Å². The summed E-state index contributed by atoms with van der Waals surface area (Å²) in [5, 5.41) is 9.74. The smallest absolute Gasteiger partial charge is 0.321 e. The number of carboxylic acid groups (broad SMARTS) is 1. The highest BCUT2D eigenvalue weighted by atomic mass is 32.2. The van der Waals surface area contributed by atoms with Crippen LogP contribution in [0.4, 0.5) is 0 Å². The molecule has 0 aromatic carbocycles. The maximum atomic E-state index is 10.8. The Morgan fingerprint density at radius 2 is 2.36 bits per heavy atom. The first-order chi connectivity index (χ1) is 5.07. The minimum Gasteiger partial charge on any atom is -0.480 e. The Balaban J connectivity index is 3.85. The highest BCUT2D eigenvalue weighted by molar-refractivity contribution is 7.88. The molecule has 0 fully saturated rings. The number of hydrogen-bond acceptors (Lipinski definition) is 3. The van der Waals surface area contributed by atoms with E-state index in [9.17, 15) is 9.00 Å². The second-order valence-electron chi connectivity index (χ2n) is 1.96. The van der Waals surface area contributed by atoms with Gasteiger partial charge < -0.3 is 10.8 Å². The van der Waals surface area contributed by atoms with Crippen LogP contribution in [-0.4, -0.2) is 27.1 Å². The van der Waals surface area contributed by atoms with Gasteiger partial charge >= 0.3 is 5.97 Å². The molecule has 0 saturated carbocycles. The third-order valence-electron chi connectivity index (χ3n) is 0.949. The molecule has 0 rings (SSSR count). The molecule has 0 heterocycles. The minimum absolute atomic E-state index is 0.0281. The van der Waals surface area contributed by atoms with Gasteiger partial charge in [-0.3, -0.25) is 9.00 Å². The van der Waals surface area contributed by atoms with Crippen molar-refractivity contribution in [3.63, 3.8) is 0 Å². The third-order valence-corrected chi connectivity index (χ3v) is 2.21. The quantitative estimate of drug-likeness (QED) is 0.616. The van der Waals surface area contributed by atoms with Gasteiger partial charge in [-0.1, -0.05) is 6.08 Å². The molecule has 5 heteroatoms. The topological polar surface area (TPSA) is 80.4 Å². The minimum atomic E-state index is -1.26. The lowest BCUT2D eigenvalue weighted by Crippen LogP contribution is -2.35. The fraction of sp³-hybridized carbons (Fsp3) is 0.500. The van der Waals surface area contributed by atoms with E-state index in [0.29, 0.717) is 0 Å². The van der Waals surface area contributed by atoms with E-state index in [0.717, 1.165) is 0 Å². The molecule has 0 saturated heterocycles. The Bertz CT molecular complexity index is 190. The lowest BCUT2D eigenvalue weighted by molar-refractivity contribution is -0.137. The van der Waals surface area contributed by atoms with Gasteiger partial charge in [0.15, 0.2) is 0 Å². The fourth-order valence-corrected chi connectivity index (χ4v) is 1.37. The summed E-state index contributed by atoms with van der Waals surface area (Å²) in [5.41, 5.74) is 5.12. The molecule has 1 unspecified atom stereocenters. The molecule has 0 aliphatic heterocycles. The number of aliphatic carboxylic acids is 1. The summed E-state index contributed by atoms with van der Waals surface area (Å²) in [6, 6.07) is -1.04. The molecule has 0 spiro atoms. The summed E-state index contributed by atoms with van der Waals surface area (Å²) in [5.74, 6) is -1.15. The molecular weight excluding hydrogens is 166 g/mol. The molecule has 0 aliphatic carbocycles.